The molecule has 0 aliphatic carbocycles. The van der Waals surface area contributed by atoms with Crippen molar-refractivity contribution in [2.75, 3.05) is 4.72 Å². The van der Waals surface area contributed by atoms with Crippen LogP contribution in [0.2, 0.25) is 0 Å². The highest BCUT2D eigenvalue weighted by atomic mass is 32.2. The highest BCUT2D eigenvalue weighted by molar-refractivity contribution is 7.93. The molecule has 0 saturated carbocycles. The van der Waals surface area contributed by atoms with Crippen molar-refractivity contribution in [2.24, 2.45) is 0 Å². The molecule has 3 rings (SSSR count). The third-order valence-corrected chi connectivity index (χ3v) is 8.13. The van der Waals surface area contributed by atoms with E-state index in [4.69, 9.17) is 0 Å². The molecular formula is C21H24N2O4S2. The normalized spacial score (nSPS) is 12.3. The molecule has 0 atom stereocenters. The molecule has 0 fully saturated rings. The Hall–Kier alpha value is -2.58. The van der Waals surface area contributed by atoms with Crippen molar-refractivity contribution >= 4 is 25.7 Å². The lowest BCUT2D eigenvalue weighted by Gasteiger charge is -2.12. The zero-order valence-corrected chi connectivity index (χ0v) is 18.4. The third kappa shape index (κ3) is 4.09. The van der Waals surface area contributed by atoms with Crippen molar-refractivity contribution in [3.8, 4) is 0 Å². The smallest absolute Gasteiger partial charge is 0.268 e. The lowest BCUT2D eigenvalue weighted by atomic mass is 10.0. The van der Waals surface area contributed by atoms with E-state index in [1.165, 1.54) is 25.1 Å². The summed E-state index contributed by atoms with van der Waals surface area (Å²) in [5, 5.41) is 0. The minimum absolute atomic E-state index is 0.0672. The van der Waals surface area contributed by atoms with Gasteiger partial charge in [0.25, 0.3) is 20.0 Å². The van der Waals surface area contributed by atoms with Crippen LogP contribution in [0.3, 0.4) is 0 Å². The SMILES string of the molecule is Cc1cc(S(=O)(=O)Nc2ccc(C(C)C)cc2)c(C)n1S(=O)(=O)c1ccccc1. The lowest BCUT2D eigenvalue weighted by molar-refractivity contribution is 0.584. The first-order valence-electron chi connectivity index (χ1n) is 9.16. The predicted octanol–water partition coefficient (Wildman–Crippen LogP) is 4.27. The van der Waals surface area contributed by atoms with Gasteiger partial charge in [0, 0.05) is 11.4 Å². The zero-order chi connectivity index (χ0) is 21.4. The molecule has 0 amide bonds. The summed E-state index contributed by atoms with van der Waals surface area (Å²) in [5.41, 5.74) is 1.98. The monoisotopic (exact) mass is 432 g/mol. The molecule has 0 saturated heterocycles. The fraction of sp³-hybridized carbons (Fsp3) is 0.238. The lowest BCUT2D eigenvalue weighted by Crippen LogP contribution is -2.18. The molecule has 8 heteroatoms. The van der Waals surface area contributed by atoms with Gasteiger partial charge in [-0.2, -0.15) is 0 Å². The minimum atomic E-state index is -3.96. The van der Waals surface area contributed by atoms with E-state index in [-0.39, 0.29) is 15.5 Å². The van der Waals surface area contributed by atoms with Gasteiger partial charge in [0.05, 0.1) is 10.6 Å². The average Bonchev–Trinajstić information content (AvgIpc) is 2.98. The molecule has 0 radical (unpaired) electrons. The van der Waals surface area contributed by atoms with Crippen LogP contribution in [0.4, 0.5) is 5.69 Å². The van der Waals surface area contributed by atoms with Crippen molar-refractivity contribution < 1.29 is 16.8 Å². The molecule has 29 heavy (non-hydrogen) atoms. The second kappa shape index (κ2) is 7.68. The van der Waals surface area contributed by atoms with E-state index in [0.717, 1.165) is 9.54 Å². The Bertz CT molecular complexity index is 1230. The Labute approximate surface area is 172 Å². The summed E-state index contributed by atoms with van der Waals surface area (Å²) in [6, 6.07) is 16.5. The highest BCUT2D eigenvalue weighted by Gasteiger charge is 2.28. The van der Waals surface area contributed by atoms with Crippen molar-refractivity contribution in [3.05, 3.63) is 77.6 Å². The largest absolute Gasteiger partial charge is 0.280 e. The van der Waals surface area contributed by atoms with Crippen molar-refractivity contribution in [2.45, 2.75) is 43.4 Å². The standard InChI is InChI=1S/C21H24N2O4S2/c1-15(2)18-10-12-19(13-11-18)22-28(24,25)21-14-16(3)23(17(21)4)29(26,27)20-8-6-5-7-9-20/h5-15,22H,1-4H3. The second-order valence-electron chi connectivity index (χ2n) is 7.20. The van der Waals surface area contributed by atoms with Gasteiger partial charge in [-0.25, -0.2) is 20.8 Å². The summed E-state index contributed by atoms with van der Waals surface area (Å²) in [6.45, 7) is 7.18. The van der Waals surface area contributed by atoms with Gasteiger partial charge in [-0.1, -0.05) is 44.2 Å². The van der Waals surface area contributed by atoms with Gasteiger partial charge in [-0.3, -0.25) is 4.72 Å². The van der Waals surface area contributed by atoms with Gasteiger partial charge in [0.1, 0.15) is 4.90 Å². The fourth-order valence-electron chi connectivity index (χ4n) is 3.20. The molecule has 0 spiro atoms. The van der Waals surface area contributed by atoms with Gasteiger partial charge < -0.3 is 0 Å². The molecule has 1 heterocycles. The van der Waals surface area contributed by atoms with Crippen LogP contribution in [-0.4, -0.2) is 20.8 Å². The number of rotatable bonds is 6. The van der Waals surface area contributed by atoms with Crippen LogP contribution < -0.4 is 4.72 Å². The van der Waals surface area contributed by atoms with Gasteiger partial charge in [0.2, 0.25) is 0 Å². The zero-order valence-electron chi connectivity index (χ0n) is 16.7. The first-order valence-corrected chi connectivity index (χ1v) is 12.1. The summed E-state index contributed by atoms with van der Waals surface area (Å²) < 4.78 is 55.6. The van der Waals surface area contributed by atoms with E-state index in [1.807, 2.05) is 12.1 Å². The van der Waals surface area contributed by atoms with Gasteiger partial charge >= 0.3 is 0 Å². The summed E-state index contributed by atoms with van der Waals surface area (Å²) >= 11 is 0. The van der Waals surface area contributed by atoms with Gasteiger partial charge in [-0.05, 0) is 55.7 Å². The maximum Gasteiger partial charge on any atom is 0.268 e. The molecule has 3 aromatic rings. The van der Waals surface area contributed by atoms with Crippen LogP contribution in [0.25, 0.3) is 0 Å². The number of nitrogens with zero attached hydrogens (tertiary/aromatic N) is 1. The van der Waals surface area contributed by atoms with E-state index < -0.39 is 20.0 Å². The number of nitrogens with one attached hydrogen (secondary N) is 1. The molecule has 0 unspecified atom stereocenters. The Morgan fingerprint density at radius 3 is 2.00 bits per heavy atom. The quantitative estimate of drug-likeness (QED) is 0.630. The Morgan fingerprint density at radius 2 is 1.45 bits per heavy atom. The van der Waals surface area contributed by atoms with Crippen molar-refractivity contribution in [1.29, 1.82) is 0 Å². The van der Waals surface area contributed by atoms with Crippen LogP contribution in [0, 0.1) is 13.8 Å². The number of anilines is 1. The first-order chi connectivity index (χ1) is 13.5. The molecule has 2 aromatic carbocycles. The third-order valence-electron chi connectivity index (χ3n) is 4.72. The maximum absolute atomic E-state index is 13.0. The molecule has 0 aliphatic heterocycles. The number of aryl methyl sites for hydroxylation is 1. The molecule has 1 aromatic heterocycles. The summed E-state index contributed by atoms with van der Waals surface area (Å²) in [5.74, 6) is 0.336. The van der Waals surface area contributed by atoms with Crippen LogP contribution in [-0.2, 0) is 20.0 Å². The van der Waals surface area contributed by atoms with E-state index in [1.54, 1.807) is 37.3 Å². The number of benzene rings is 2. The number of aromatic nitrogens is 1. The van der Waals surface area contributed by atoms with Gasteiger partial charge in [-0.15, -0.1) is 0 Å². The van der Waals surface area contributed by atoms with Crippen LogP contribution in [0.5, 0.6) is 0 Å². The van der Waals surface area contributed by atoms with E-state index in [0.29, 0.717) is 17.3 Å². The molecule has 1 N–H and O–H groups in total. The minimum Gasteiger partial charge on any atom is -0.280 e. The fourth-order valence-corrected chi connectivity index (χ4v) is 6.23. The Kier molecular flexibility index (Phi) is 5.60. The average molecular weight is 433 g/mol. The van der Waals surface area contributed by atoms with Gasteiger partial charge in [0.15, 0.2) is 0 Å². The number of sulfonamides is 1. The molecular weight excluding hydrogens is 408 g/mol. The van der Waals surface area contributed by atoms with Crippen LogP contribution in [0.1, 0.15) is 36.7 Å². The summed E-state index contributed by atoms with van der Waals surface area (Å²) in [7, 11) is -7.86. The van der Waals surface area contributed by atoms with Crippen molar-refractivity contribution in [3.63, 3.8) is 0 Å². The topological polar surface area (TPSA) is 85.2 Å². The molecule has 0 bridgehead atoms. The summed E-state index contributed by atoms with van der Waals surface area (Å²) in [6.07, 6.45) is 0. The number of hydrogen-bond donors (Lipinski definition) is 1. The maximum atomic E-state index is 13.0. The Balaban J connectivity index is 2.01. The predicted molar refractivity (Wildman–Crippen MR) is 114 cm³/mol. The molecule has 154 valence electrons. The van der Waals surface area contributed by atoms with Crippen LogP contribution in [0.15, 0.2) is 70.5 Å². The van der Waals surface area contributed by atoms with E-state index in [2.05, 4.69) is 18.6 Å². The first kappa shape index (κ1) is 21.1. The highest BCUT2D eigenvalue weighted by Crippen LogP contribution is 2.27. The van der Waals surface area contributed by atoms with Crippen LogP contribution >= 0.6 is 0 Å². The summed E-state index contributed by atoms with van der Waals surface area (Å²) in [4.78, 5) is 0.0328. The number of hydrogen-bond acceptors (Lipinski definition) is 4. The molecule has 0 aliphatic rings. The second-order valence-corrected chi connectivity index (χ2v) is 10.6. The van der Waals surface area contributed by atoms with E-state index >= 15 is 0 Å². The molecule has 6 nitrogen and oxygen atoms in total. The van der Waals surface area contributed by atoms with E-state index in [9.17, 15) is 16.8 Å². The van der Waals surface area contributed by atoms with Crippen molar-refractivity contribution in [1.82, 2.24) is 3.97 Å². The Morgan fingerprint density at radius 1 is 0.862 bits per heavy atom.